The maximum Gasteiger partial charge on any atom is 0.143 e. The van der Waals surface area contributed by atoms with Gasteiger partial charge in [-0.05, 0) is 17.6 Å². The fraction of sp³-hybridized carbons (Fsp3) is 0.118. The number of benzene rings is 5. The van der Waals surface area contributed by atoms with Crippen LogP contribution >= 0.6 is 22.2 Å². The molecule has 0 amide bonds. The van der Waals surface area contributed by atoms with Crippen LogP contribution in [-0.2, 0) is 9.13 Å². The van der Waals surface area contributed by atoms with Gasteiger partial charge in [0.25, 0.3) is 0 Å². The van der Waals surface area contributed by atoms with E-state index in [1.54, 1.807) is 0 Å². The Bertz CT molecular complexity index is 1350. The molecular weight excluding hydrogens is 533 g/mol. The Kier molecular flexibility index (Phi) is 9.11. The van der Waals surface area contributed by atoms with Gasteiger partial charge < -0.3 is 9.13 Å². The van der Waals surface area contributed by atoms with Crippen LogP contribution in [0, 0.1) is 0 Å². The molecule has 5 rings (SSSR count). The Morgan fingerprint density at radius 1 is 0.385 bits per heavy atom. The summed E-state index contributed by atoms with van der Waals surface area (Å²) in [6.45, 7) is 0. The van der Waals surface area contributed by atoms with Crippen LogP contribution in [-0.4, -0.2) is 24.6 Å². The Hall–Kier alpha value is -3.01. The fourth-order valence-electron chi connectivity index (χ4n) is 5.02. The lowest BCUT2D eigenvalue weighted by Gasteiger charge is -2.26. The predicted molar refractivity (Wildman–Crippen MR) is 172 cm³/mol. The summed E-state index contributed by atoms with van der Waals surface area (Å²) in [4.78, 5) is 0. The molecule has 5 aromatic rings. The van der Waals surface area contributed by atoms with Gasteiger partial charge in [0.05, 0.1) is 0 Å². The topological polar surface area (TPSA) is 34.1 Å². The molecular formula is C34H33O2P3. The van der Waals surface area contributed by atoms with Crippen LogP contribution in [0.25, 0.3) is 0 Å². The van der Waals surface area contributed by atoms with E-state index in [4.69, 9.17) is 0 Å². The quantitative estimate of drug-likeness (QED) is 0.165. The van der Waals surface area contributed by atoms with Crippen molar-refractivity contribution >= 4 is 48.7 Å². The van der Waals surface area contributed by atoms with Gasteiger partial charge in [-0.1, -0.05) is 160 Å². The summed E-state index contributed by atoms with van der Waals surface area (Å²) in [5, 5.41) is 4.88. The summed E-state index contributed by atoms with van der Waals surface area (Å²) in [5.74, 6) is 0. The molecule has 0 saturated carbocycles. The Balaban J connectivity index is 1.47. The lowest BCUT2D eigenvalue weighted by Crippen LogP contribution is -2.23. The van der Waals surface area contributed by atoms with E-state index in [1.807, 2.05) is 127 Å². The highest BCUT2D eigenvalue weighted by atomic mass is 31.2. The van der Waals surface area contributed by atoms with Crippen LogP contribution in [0.1, 0.15) is 0 Å². The summed E-state index contributed by atoms with van der Waals surface area (Å²) in [6, 6.07) is 50.2. The molecule has 0 saturated heterocycles. The maximum atomic E-state index is 14.8. The first kappa shape index (κ1) is 27.6. The minimum atomic E-state index is -2.83. The van der Waals surface area contributed by atoms with E-state index >= 15 is 0 Å². The van der Waals surface area contributed by atoms with E-state index in [9.17, 15) is 9.13 Å². The molecule has 0 heterocycles. The van der Waals surface area contributed by atoms with E-state index < -0.39 is 22.2 Å². The maximum absolute atomic E-state index is 14.8. The van der Waals surface area contributed by atoms with Gasteiger partial charge in [0.15, 0.2) is 0 Å². The zero-order chi connectivity index (χ0) is 27.0. The van der Waals surface area contributed by atoms with E-state index in [1.165, 1.54) is 5.30 Å². The first-order valence-corrected chi connectivity index (χ1v) is 18.8. The van der Waals surface area contributed by atoms with Crippen LogP contribution in [0.15, 0.2) is 152 Å². The van der Waals surface area contributed by atoms with Gasteiger partial charge in [0, 0.05) is 33.5 Å². The van der Waals surface area contributed by atoms with E-state index in [-0.39, 0.29) is 0 Å². The average Bonchev–Trinajstić information content (AvgIpc) is 3.03. The summed E-state index contributed by atoms with van der Waals surface area (Å²) in [6.07, 6.45) is 2.79. The minimum Gasteiger partial charge on any atom is -0.314 e. The highest BCUT2D eigenvalue weighted by molar-refractivity contribution is 7.80. The Morgan fingerprint density at radius 3 is 0.923 bits per heavy atom. The van der Waals surface area contributed by atoms with Gasteiger partial charge >= 0.3 is 0 Å². The molecule has 0 fully saturated rings. The molecule has 39 heavy (non-hydrogen) atoms. The first-order chi connectivity index (χ1) is 19.1. The largest absolute Gasteiger partial charge is 0.314 e. The van der Waals surface area contributed by atoms with Gasteiger partial charge in [-0.15, -0.1) is 0 Å². The molecule has 0 aliphatic heterocycles. The van der Waals surface area contributed by atoms with Crippen molar-refractivity contribution in [2.45, 2.75) is 0 Å². The molecule has 0 aromatic heterocycles. The first-order valence-electron chi connectivity index (χ1n) is 13.3. The molecule has 0 atom stereocenters. The van der Waals surface area contributed by atoms with Crippen LogP contribution in [0.3, 0.4) is 0 Å². The molecule has 0 unspecified atom stereocenters. The molecule has 0 radical (unpaired) electrons. The lowest BCUT2D eigenvalue weighted by molar-refractivity contribution is 0.587. The zero-order valence-electron chi connectivity index (χ0n) is 21.9. The minimum absolute atomic E-state index is 0.586. The van der Waals surface area contributed by atoms with E-state index in [2.05, 4.69) is 24.3 Å². The predicted octanol–water partition coefficient (Wildman–Crippen LogP) is 6.82. The van der Waals surface area contributed by atoms with Crippen LogP contribution in [0.5, 0.6) is 0 Å². The highest BCUT2D eigenvalue weighted by Crippen LogP contribution is 2.51. The van der Waals surface area contributed by atoms with Gasteiger partial charge in [-0.3, -0.25) is 0 Å². The number of hydrogen-bond acceptors (Lipinski definition) is 2. The molecule has 0 N–H and O–H groups in total. The van der Waals surface area contributed by atoms with Crippen molar-refractivity contribution in [3.8, 4) is 0 Å². The third kappa shape index (κ3) is 6.42. The van der Waals surface area contributed by atoms with Crippen molar-refractivity contribution in [3.63, 3.8) is 0 Å². The summed E-state index contributed by atoms with van der Waals surface area (Å²) in [5.41, 5.74) is 0. The number of hydrogen-bond donors (Lipinski definition) is 0. The molecule has 5 heteroatoms. The monoisotopic (exact) mass is 566 g/mol. The summed E-state index contributed by atoms with van der Waals surface area (Å²) >= 11 is 0. The molecule has 2 nitrogen and oxygen atoms in total. The zero-order valence-corrected chi connectivity index (χ0v) is 24.6. The van der Waals surface area contributed by atoms with Crippen LogP contribution in [0.4, 0.5) is 0 Å². The lowest BCUT2D eigenvalue weighted by atomic mass is 10.4. The van der Waals surface area contributed by atoms with Gasteiger partial charge in [0.2, 0.25) is 0 Å². The van der Waals surface area contributed by atoms with E-state index in [0.717, 1.165) is 33.5 Å². The third-order valence-corrected chi connectivity index (χ3v) is 16.7. The molecule has 196 valence electrons. The van der Waals surface area contributed by atoms with Crippen molar-refractivity contribution in [1.82, 2.24) is 0 Å². The normalized spacial score (nSPS) is 11.9. The smallest absolute Gasteiger partial charge is 0.143 e. The average molecular weight is 567 g/mol. The molecule has 0 spiro atoms. The van der Waals surface area contributed by atoms with Gasteiger partial charge in [0.1, 0.15) is 14.3 Å². The third-order valence-electron chi connectivity index (χ3n) is 7.18. The second-order valence-corrected chi connectivity index (χ2v) is 18.0. The van der Waals surface area contributed by atoms with Crippen LogP contribution in [0.2, 0.25) is 0 Å². The van der Waals surface area contributed by atoms with Crippen molar-refractivity contribution in [3.05, 3.63) is 152 Å². The Labute approximate surface area is 233 Å². The van der Waals surface area contributed by atoms with E-state index in [0.29, 0.717) is 12.3 Å². The fourth-order valence-corrected chi connectivity index (χ4v) is 14.8. The van der Waals surface area contributed by atoms with Crippen molar-refractivity contribution < 1.29 is 9.13 Å². The highest BCUT2D eigenvalue weighted by Gasteiger charge is 2.31. The standard InChI is InChI=1S/C34H33O2P3/c35-38(31-18-8-2-9-19-31,32-20-10-3-11-21-32)28-26-37(30-16-6-1-7-17-30)27-29-39(36,33-22-12-4-13-23-33)34-24-14-5-15-25-34/h1-25H,26-29H2. The van der Waals surface area contributed by atoms with Crippen LogP contribution < -0.4 is 26.5 Å². The molecule has 5 aromatic carbocycles. The summed E-state index contributed by atoms with van der Waals surface area (Å²) < 4.78 is 29.5. The molecule has 0 bridgehead atoms. The molecule has 0 aliphatic carbocycles. The van der Waals surface area contributed by atoms with Crippen molar-refractivity contribution in [2.24, 2.45) is 0 Å². The van der Waals surface area contributed by atoms with Crippen molar-refractivity contribution in [1.29, 1.82) is 0 Å². The number of rotatable bonds is 11. The van der Waals surface area contributed by atoms with Crippen molar-refractivity contribution in [2.75, 3.05) is 24.6 Å². The Morgan fingerprint density at radius 2 is 0.641 bits per heavy atom. The molecule has 0 aliphatic rings. The summed E-state index contributed by atoms with van der Waals surface area (Å²) in [7, 11) is -6.35. The SMILES string of the molecule is O=P(CCP(CCP(=O)(c1ccccc1)c1ccccc1)c1ccccc1)(c1ccccc1)c1ccccc1. The van der Waals surface area contributed by atoms with Gasteiger partial charge in [-0.2, -0.15) is 0 Å². The van der Waals surface area contributed by atoms with Gasteiger partial charge in [-0.25, -0.2) is 0 Å². The second-order valence-electron chi connectivity index (χ2n) is 9.59. The second kappa shape index (κ2) is 12.9.